The summed E-state index contributed by atoms with van der Waals surface area (Å²) in [5.74, 6) is -0.694. The first kappa shape index (κ1) is 22.0. The van der Waals surface area contributed by atoms with Gasteiger partial charge >= 0.3 is 0 Å². The number of benzene rings is 2. The SMILES string of the molecule is CON(C)S(=O)(=O)c1ccc(C(=O)NCC(c2cccc(F)c2)N(C)C)cc1. The van der Waals surface area contributed by atoms with Crippen LogP contribution in [0.3, 0.4) is 0 Å². The standard InChI is InChI=1S/C19H24FN3O4S/c1-22(2)18(15-6-5-7-16(20)12-15)13-21-19(24)14-8-10-17(11-9-14)28(25,26)23(3)27-4/h5-12,18H,13H2,1-4H3,(H,21,24). The molecule has 0 aromatic heterocycles. The number of carbonyl (C=O) groups is 1. The number of hydrogen-bond donors (Lipinski definition) is 1. The summed E-state index contributed by atoms with van der Waals surface area (Å²) in [5.41, 5.74) is 1.06. The van der Waals surface area contributed by atoms with Crippen molar-refractivity contribution in [2.75, 3.05) is 34.8 Å². The molecule has 0 radical (unpaired) electrons. The lowest BCUT2D eigenvalue weighted by molar-refractivity contribution is -0.0258. The Bertz CT molecular complexity index is 917. The van der Waals surface area contributed by atoms with E-state index in [4.69, 9.17) is 4.84 Å². The van der Waals surface area contributed by atoms with Crippen LogP contribution in [-0.4, -0.2) is 58.5 Å². The van der Waals surface area contributed by atoms with Crippen LogP contribution in [0.1, 0.15) is 22.0 Å². The Morgan fingerprint density at radius 1 is 1.14 bits per heavy atom. The van der Waals surface area contributed by atoms with Gasteiger partial charge in [-0.25, -0.2) is 12.8 Å². The lowest BCUT2D eigenvalue weighted by Gasteiger charge is -2.25. The third-order valence-electron chi connectivity index (χ3n) is 4.32. The molecule has 0 heterocycles. The molecule has 1 N–H and O–H groups in total. The van der Waals surface area contributed by atoms with Gasteiger partial charge in [0, 0.05) is 19.2 Å². The molecule has 9 heteroatoms. The molecular formula is C19H24FN3O4S. The fourth-order valence-corrected chi connectivity index (χ4v) is 3.60. The minimum Gasteiger partial charge on any atom is -0.350 e. The molecule has 0 aliphatic rings. The van der Waals surface area contributed by atoms with E-state index in [-0.39, 0.29) is 29.2 Å². The maximum Gasteiger partial charge on any atom is 0.264 e. The van der Waals surface area contributed by atoms with E-state index in [1.54, 1.807) is 12.1 Å². The van der Waals surface area contributed by atoms with E-state index in [2.05, 4.69) is 5.32 Å². The number of amides is 1. The predicted octanol–water partition coefficient (Wildman–Crippen LogP) is 2.04. The second-order valence-corrected chi connectivity index (χ2v) is 8.30. The topological polar surface area (TPSA) is 78.9 Å². The van der Waals surface area contributed by atoms with Crippen molar-refractivity contribution in [3.8, 4) is 0 Å². The van der Waals surface area contributed by atoms with Crippen LogP contribution in [0.2, 0.25) is 0 Å². The second-order valence-electron chi connectivity index (χ2n) is 6.37. The average molecular weight is 409 g/mol. The average Bonchev–Trinajstić information content (AvgIpc) is 2.67. The third kappa shape index (κ3) is 5.14. The Kier molecular flexibility index (Phi) is 7.25. The summed E-state index contributed by atoms with van der Waals surface area (Å²) < 4.78 is 38.6. The molecule has 1 unspecified atom stereocenters. The van der Waals surface area contributed by atoms with Crippen molar-refractivity contribution in [2.24, 2.45) is 0 Å². The molecule has 0 spiro atoms. The van der Waals surface area contributed by atoms with E-state index in [9.17, 15) is 17.6 Å². The number of nitrogens with one attached hydrogen (secondary N) is 1. The summed E-state index contributed by atoms with van der Waals surface area (Å²) in [4.78, 5) is 19.0. The highest BCUT2D eigenvalue weighted by molar-refractivity contribution is 7.89. The normalized spacial score (nSPS) is 13.0. The van der Waals surface area contributed by atoms with E-state index in [0.717, 1.165) is 10.0 Å². The zero-order chi connectivity index (χ0) is 20.9. The van der Waals surface area contributed by atoms with Gasteiger partial charge in [-0.2, -0.15) is 0 Å². The van der Waals surface area contributed by atoms with Gasteiger partial charge in [0.05, 0.1) is 18.0 Å². The smallest absolute Gasteiger partial charge is 0.264 e. The van der Waals surface area contributed by atoms with Gasteiger partial charge in [0.1, 0.15) is 5.82 Å². The van der Waals surface area contributed by atoms with Crippen molar-refractivity contribution in [2.45, 2.75) is 10.9 Å². The van der Waals surface area contributed by atoms with Gasteiger partial charge in [0.25, 0.3) is 15.9 Å². The molecule has 2 aromatic rings. The van der Waals surface area contributed by atoms with Gasteiger partial charge in [-0.05, 0) is 56.1 Å². The molecule has 0 saturated heterocycles. The Labute approximate surface area is 164 Å². The minimum absolute atomic E-state index is 0.0133. The molecule has 2 rings (SSSR count). The molecule has 7 nitrogen and oxygen atoms in total. The number of hydrogen-bond acceptors (Lipinski definition) is 5. The lowest BCUT2D eigenvalue weighted by Crippen LogP contribution is -2.34. The van der Waals surface area contributed by atoms with Crippen molar-refractivity contribution < 1.29 is 22.4 Å². The highest BCUT2D eigenvalue weighted by atomic mass is 32.2. The van der Waals surface area contributed by atoms with E-state index >= 15 is 0 Å². The summed E-state index contributed by atoms with van der Waals surface area (Å²) in [6.45, 7) is 0.266. The van der Waals surface area contributed by atoms with Gasteiger partial charge in [0.2, 0.25) is 0 Å². The highest BCUT2D eigenvalue weighted by Gasteiger charge is 2.21. The summed E-state index contributed by atoms with van der Waals surface area (Å²) >= 11 is 0. The zero-order valence-corrected chi connectivity index (χ0v) is 17.0. The molecular weight excluding hydrogens is 385 g/mol. The van der Waals surface area contributed by atoms with E-state index in [1.807, 2.05) is 19.0 Å². The maximum atomic E-state index is 13.5. The number of carbonyl (C=O) groups excluding carboxylic acids is 1. The van der Waals surface area contributed by atoms with Gasteiger partial charge in [-0.1, -0.05) is 16.6 Å². The second kappa shape index (κ2) is 9.24. The lowest BCUT2D eigenvalue weighted by atomic mass is 10.1. The molecule has 0 saturated carbocycles. The highest BCUT2D eigenvalue weighted by Crippen LogP contribution is 2.19. The van der Waals surface area contributed by atoms with Crippen LogP contribution in [0.4, 0.5) is 4.39 Å². The molecule has 0 bridgehead atoms. The molecule has 28 heavy (non-hydrogen) atoms. The quantitative estimate of drug-likeness (QED) is 0.675. The van der Waals surface area contributed by atoms with Crippen LogP contribution in [0.5, 0.6) is 0 Å². The van der Waals surface area contributed by atoms with Gasteiger partial charge in [0.15, 0.2) is 0 Å². The Morgan fingerprint density at radius 3 is 2.32 bits per heavy atom. The van der Waals surface area contributed by atoms with Crippen molar-refractivity contribution >= 4 is 15.9 Å². The summed E-state index contributed by atoms with van der Waals surface area (Å²) in [5, 5.41) is 2.80. The number of likely N-dealkylation sites (N-methyl/N-ethyl adjacent to an activating group) is 1. The molecule has 1 amide bonds. The first-order valence-corrected chi connectivity index (χ1v) is 9.94. The van der Waals surface area contributed by atoms with Crippen molar-refractivity contribution in [1.82, 2.24) is 14.7 Å². The van der Waals surface area contributed by atoms with E-state index < -0.39 is 10.0 Å². The summed E-state index contributed by atoms with van der Waals surface area (Å²) in [6.07, 6.45) is 0. The number of sulfonamides is 1. The zero-order valence-electron chi connectivity index (χ0n) is 16.2. The van der Waals surface area contributed by atoms with Gasteiger partial charge in [-0.15, -0.1) is 0 Å². The van der Waals surface area contributed by atoms with E-state index in [0.29, 0.717) is 5.56 Å². The van der Waals surface area contributed by atoms with Gasteiger partial charge < -0.3 is 10.2 Å². The minimum atomic E-state index is -3.77. The Balaban J connectivity index is 2.10. The van der Waals surface area contributed by atoms with Crippen molar-refractivity contribution in [1.29, 1.82) is 0 Å². The number of rotatable bonds is 8. The fraction of sp³-hybridized carbons (Fsp3) is 0.316. The summed E-state index contributed by atoms with van der Waals surface area (Å²) in [6, 6.07) is 11.6. The Hall–Kier alpha value is -2.33. The van der Waals surface area contributed by atoms with Crippen LogP contribution in [-0.2, 0) is 14.9 Å². The molecule has 2 aromatic carbocycles. The van der Waals surface area contributed by atoms with Crippen LogP contribution in [0.25, 0.3) is 0 Å². The van der Waals surface area contributed by atoms with Crippen LogP contribution in [0.15, 0.2) is 53.4 Å². The number of hydroxylamine groups is 1. The predicted molar refractivity (Wildman–Crippen MR) is 104 cm³/mol. The molecule has 0 aliphatic carbocycles. The van der Waals surface area contributed by atoms with Crippen LogP contribution in [0, 0.1) is 5.82 Å². The number of halogens is 1. The largest absolute Gasteiger partial charge is 0.350 e. The molecule has 152 valence electrons. The van der Waals surface area contributed by atoms with E-state index in [1.165, 1.54) is 50.6 Å². The molecule has 1 atom stereocenters. The van der Waals surface area contributed by atoms with Gasteiger partial charge in [-0.3, -0.25) is 9.63 Å². The first-order chi connectivity index (χ1) is 13.2. The molecule has 0 fully saturated rings. The molecule has 0 aliphatic heterocycles. The fourth-order valence-electron chi connectivity index (χ4n) is 2.63. The first-order valence-electron chi connectivity index (χ1n) is 8.50. The van der Waals surface area contributed by atoms with Crippen molar-refractivity contribution in [3.05, 3.63) is 65.5 Å². The van der Waals surface area contributed by atoms with Crippen LogP contribution < -0.4 is 5.32 Å². The van der Waals surface area contributed by atoms with Crippen molar-refractivity contribution in [3.63, 3.8) is 0 Å². The monoisotopic (exact) mass is 409 g/mol. The maximum absolute atomic E-state index is 13.5. The number of nitrogens with zero attached hydrogens (tertiary/aromatic N) is 2. The van der Waals surface area contributed by atoms with Crippen LogP contribution >= 0.6 is 0 Å². The third-order valence-corrected chi connectivity index (χ3v) is 6.02. The Morgan fingerprint density at radius 2 is 1.79 bits per heavy atom. The summed E-state index contributed by atoms with van der Waals surface area (Å²) in [7, 11) is 2.44.